The highest BCUT2D eigenvalue weighted by atomic mass is 32.2. The molecule has 0 spiro atoms. The van der Waals surface area contributed by atoms with E-state index >= 15 is 0 Å². The molecule has 0 aromatic heterocycles. The zero-order valence-corrected chi connectivity index (χ0v) is 14.0. The van der Waals surface area contributed by atoms with Crippen LogP contribution in [0.5, 0.6) is 0 Å². The summed E-state index contributed by atoms with van der Waals surface area (Å²) in [6, 6.07) is 0.637. The van der Waals surface area contributed by atoms with Crippen molar-refractivity contribution in [1.82, 2.24) is 9.62 Å². The Morgan fingerprint density at radius 3 is 2.35 bits per heavy atom. The summed E-state index contributed by atoms with van der Waals surface area (Å²) < 4.78 is 27.1. The van der Waals surface area contributed by atoms with Crippen molar-refractivity contribution in [3.8, 4) is 0 Å². The minimum Gasteiger partial charge on any atom is -0.313 e. The van der Waals surface area contributed by atoms with Crippen LogP contribution < -0.4 is 5.32 Å². The molecule has 2 fully saturated rings. The standard InChI is InChI=1S/C15H30N2O2S/c1-15(2,3)9-11-20(18,19)17(14-7-8-14)12-13-6-4-5-10-16-13/h13-14,16H,4-12H2,1-3H3. The maximum absolute atomic E-state index is 12.6. The Labute approximate surface area is 124 Å². The van der Waals surface area contributed by atoms with Crippen molar-refractivity contribution in [3.05, 3.63) is 0 Å². The molecule has 0 radical (unpaired) electrons. The minimum absolute atomic E-state index is 0.0748. The zero-order valence-electron chi connectivity index (χ0n) is 13.2. The maximum Gasteiger partial charge on any atom is 0.214 e. The van der Waals surface area contributed by atoms with E-state index in [2.05, 4.69) is 26.1 Å². The van der Waals surface area contributed by atoms with Crippen LogP contribution in [0, 0.1) is 5.41 Å². The molecule has 1 N–H and O–H groups in total. The molecule has 1 unspecified atom stereocenters. The Hall–Kier alpha value is -0.130. The second-order valence-corrected chi connectivity index (χ2v) is 9.62. The lowest BCUT2D eigenvalue weighted by atomic mass is 9.94. The van der Waals surface area contributed by atoms with E-state index in [1.165, 1.54) is 12.8 Å². The van der Waals surface area contributed by atoms with Crippen molar-refractivity contribution in [1.29, 1.82) is 0 Å². The van der Waals surface area contributed by atoms with Gasteiger partial charge in [-0.15, -0.1) is 0 Å². The molecule has 1 aliphatic carbocycles. The van der Waals surface area contributed by atoms with Gasteiger partial charge in [0.05, 0.1) is 5.75 Å². The molecule has 0 aromatic carbocycles. The van der Waals surface area contributed by atoms with Gasteiger partial charge in [0.25, 0.3) is 0 Å². The van der Waals surface area contributed by atoms with Crippen molar-refractivity contribution in [2.45, 2.75) is 71.4 Å². The van der Waals surface area contributed by atoms with Crippen LogP contribution in [0.25, 0.3) is 0 Å². The summed E-state index contributed by atoms with van der Waals surface area (Å²) in [5.74, 6) is 0.291. The fourth-order valence-electron chi connectivity index (χ4n) is 2.70. The van der Waals surface area contributed by atoms with Crippen molar-refractivity contribution >= 4 is 10.0 Å². The number of nitrogens with one attached hydrogen (secondary N) is 1. The summed E-state index contributed by atoms with van der Waals surface area (Å²) in [5, 5.41) is 3.47. The van der Waals surface area contributed by atoms with E-state index in [0.29, 0.717) is 18.3 Å². The van der Waals surface area contributed by atoms with E-state index in [9.17, 15) is 8.42 Å². The summed E-state index contributed by atoms with van der Waals surface area (Å²) in [6.45, 7) is 8.02. The van der Waals surface area contributed by atoms with Gasteiger partial charge in [0.2, 0.25) is 10.0 Å². The van der Waals surface area contributed by atoms with Gasteiger partial charge in [-0.25, -0.2) is 8.42 Å². The van der Waals surface area contributed by atoms with Crippen LogP contribution in [-0.2, 0) is 10.0 Å². The first-order valence-corrected chi connectivity index (χ1v) is 9.62. The van der Waals surface area contributed by atoms with Crippen molar-refractivity contribution < 1.29 is 8.42 Å². The third-order valence-electron chi connectivity index (χ3n) is 4.23. The lowest BCUT2D eigenvalue weighted by Gasteiger charge is -2.31. The van der Waals surface area contributed by atoms with Crippen molar-refractivity contribution in [3.63, 3.8) is 0 Å². The second-order valence-electron chi connectivity index (χ2n) is 7.57. The molecule has 5 heteroatoms. The number of piperidine rings is 1. The Morgan fingerprint density at radius 1 is 1.15 bits per heavy atom. The van der Waals surface area contributed by atoms with E-state index in [4.69, 9.17) is 0 Å². The second kappa shape index (κ2) is 6.32. The molecule has 1 atom stereocenters. The topological polar surface area (TPSA) is 49.4 Å². The normalized spacial score (nSPS) is 25.1. The largest absolute Gasteiger partial charge is 0.313 e. The third-order valence-corrected chi connectivity index (χ3v) is 6.12. The molecular formula is C15H30N2O2S. The van der Waals surface area contributed by atoms with Gasteiger partial charge >= 0.3 is 0 Å². The molecule has 1 saturated heterocycles. The molecule has 0 amide bonds. The highest BCUT2D eigenvalue weighted by Crippen LogP contribution is 2.31. The third kappa shape index (κ3) is 5.01. The molecule has 20 heavy (non-hydrogen) atoms. The molecule has 2 rings (SSSR count). The Balaban J connectivity index is 1.96. The fourth-order valence-corrected chi connectivity index (χ4v) is 4.88. The summed E-state index contributed by atoms with van der Waals surface area (Å²) in [6.07, 6.45) is 6.37. The van der Waals surface area contributed by atoms with Crippen LogP contribution in [-0.4, -0.2) is 43.6 Å². The van der Waals surface area contributed by atoms with Gasteiger partial charge in [-0.2, -0.15) is 4.31 Å². The molecule has 4 nitrogen and oxygen atoms in total. The summed E-state index contributed by atoms with van der Waals surface area (Å²) in [4.78, 5) is 0. The van der Waals surface area contributed by atoms with E-state index in [1.54, 1.807) is 0 Å². The van der Waals surface area contributed by atoms with Crippen LogP contribution in [0.3, 0.4) is 0 Å². The predicted molar refractivity (Wildman–Crippen MR) is 83.2 cm³/mol. The monoisotopic (exact) mass is 302 g/mol. The molecule has 0 bridgehead atoms. The molecular weight excluding hydrogens is 272 g/mol. The first kappa shape index (κ1) is 16.2. The number of nitrogens with zero attached hydrogens (tertiary/aromatic N) is 1. The number of hydrogen-bond donors (Lipinski definition) is 1. The van der Waals surface area contributed by atoms with Crippen molar-refractivity contribution in [2.24, 2.45) is 5.41 Å². The van der Waals surface area contributed by atoms with Crippen LogP contribution in [0.1, 0.15) is 59.3 Å². The Morgan fingerprint density at radius 2 is 1.85 bits per heavy atom. The molecule has 1 aliphatic heterocycles. The highest BCUT2D eigenvalue weighted by Gasteiger charge is 2.38. The van der Waals surface area contributed by atoms with Crippen LogP contribution in [0.15, 0.2) is 0 Å². The first-order chi connectivity index (χ1) is 9.28. The molecule has 1 heterocycles. The fraction of sp³-hybridized carbons (Fsp3) is 1.00. The quantitative estimate of drug-likeness (QED) is 0.819. The van der Waals surface area contributed by atoms with E-state index in [1.807, 2.05) is 4.31 Å². The van der Waals surface area contributed by atoms with Gasteiger partial charge in [-0.05, 0) is 44.1 Å². The van der Waals surface area contributed by atoms with Gasteiger partial charge in [0, 0.05) is 18.6 Å². The maximum atomic E-state index is 12.6. The molecule has 1 saturated carbocycles. The van der Waals surface area contributed by atoms with E-state index in [0.717, 1.165) is 32.2 Å². The van der Waals surface area contributed by atoms with Crippen LogP contribution >= 0.6 is 0 Å². The van der Waals surface area contributed by atoms with E-state index in [-0.39, 0.29) is 11.5 Å². The summed E-state index contributed by atoms with van der Waals surface area (Å²) in [7, 11) is -3.10. The van der Waals surface area contributed by atoms with Gasteiger partial charge in [-0.3, -0.25) is 0 Å². The zero-order chi connectivity index (χ0) is 14.8. The lowest BCUT2D eigenvalue weighted by molar-refractivity contribution is 0.305. The first-order valence-electron chi connectivity index (χ1n) is 8.01. The van der Waals surface area contributed by atoms with Crippen LogP contribution in [0.2, 0.25) is 0 Å². The Kier molecular flexibility index (Phi) is 5.14. The molecule has 0 aromatic rings. The summed E-state index contributed by atoms with van der Waals surface area (Å²) in [5.41, 5.74) is 0.0748. The Bertz CT molecular complexity index is 404. The average Bonchev–Trinajstić information content (AvgIpc) is 3.18. The average molecular weight is 302 g/mol. The molecule has 118 valence electrons. The smallest absolute Gasteiger partial charge is 0.214 e. The van der Waals surface area contributed by atoms with E-state index < -0.39 is 10.0 Å². The summed E-state index contributed by atoms with van der Waals surface area (Å²) >= 11 is 0. The highest BCUT2D eigenvalue weighted by molar-refractivity contribution is 7.89. The number of rotatable bonds is 6. The van der Waals surface area contributed by atoms with Gasteiger partial charge in [0.15, 0.2) is 0 Å². The van der Waals surface area contributed by atoms with Gasteiger partial charge < -0.3 is 5.32 Å². The lowest BCUT2D eigenvalue weighted by Crippen LogP contribution is -2.47. The van der Waals surface area contributed by atoms with Crippen LogP contribution in [0.4, 0.5) is 0 Å². The van der Waals surface area contributed by atoms with Gasteiger partial charge in [0.1, 0.15) is 0 Å². The predicted octanol–water partition coefficient (Wildman–Crippen LogP) is 2.36. The van der Waals surface area contributed by atoms with Gasteiger partial charge in [-0.1, -0.05) is 27.2 Å². The SMILES string of the molecule is CC(C)(C)CCS(=O)(=O)N(CC1CCCCN1)C1CC1. The molecule has 2 aliphatic rings. The minimum atomic E-state index is -3.10. The number of hydrogen-bond acceptors (Lipinski definition) is 3. The number of sulfonamides is 1. The van der Waals surface area contributed by atoms with Crippen molar-refractivity contribution in [2.75, 3.05) is 18.8 Å².